The van der Waals surface area contributed by atoms with Crippen LogP contribution in [0.15, 0.2) is 77.7 Å². The van der Waals surface area contributed by atoms with E-state index in [0.717, 1.165) is 22.0 Å². The van der Waals surface area contributed by atoms with Gasteiger partial charge in [-0.3, -0.25) is 9.10 Å². The van der Waals surface area contributed by atoms with E-state index < -0.39 is 28.3 Å². The van der Waals surface area contributed by atoms with Gasteiger partial charge in [-0.25, -0.2) is 12.8 Å². The number of nitrogens with one attached hydrogen (secondary N) is 1. The van der Waals surface area contributed by atoms with Crippen molar-refractivity contribution in [3.05, 3.63) is 84.2 Å². The second-order valence-electron chi connectivity index (χ2n) is 7.75. The number of rotatable bonds is 10. The van der Waals surface area contributed by atoms with E-state index in [-0.39, 0.29) is 23.2 Å². The summed E-state index contributed by atoms with van der Waals surface area (Å²) in [5.41, 5.74) is 0.970. The van der Waals surface area contributed by atoms with Gasteiger partial charge in [0, 0.05) is 6.54 Å². The Morgan fingerprint density at radius 2 is 1.68 bits per heavy atom. The number of amides is 1. The second kappa shape index (κ2) is 11.0. The third-order valence-electron chi connectivity index (χ3n) is 4.81. The minimum atomic E-state index is -4.12. The highest BCUT2D eigenvalue weighted by atomic mass is 32.2. The molecule has 0 radical (unpaired) electrons. The quantitative estimate of drug-likeness (QED) is 0.466. The number of hydrogen-bond donors (Lipinski definition) is 1. The van der Waals surface area contributed by atoms with Crippen molar-refractivity contribution < 1.29 is 27.1 Å². The molecule has 0 aliphatic heterocycles. The molecule has 0 aliphatic rings. The lowest BCUT2D eigenvalue weighted by atomic mass is 10.2. The molecule has 0 aliphatic carbocycles. The number of nitrogens with zero attached hydrogens (tertiary/aromatic N) is 1. The highest BCUT2D eigenvalue weighted by molar-refractivity contribution is 7.92. The number of benzene rings is 3. The van der Waals surface area contributed by atoms with Crippen molar-refractivity contribution >= 4 is 21.6 Å². The first-order valence-electron chi connectivity index (χ1n) is 10.6. The van der Waals surface area contributed by atoms with E-state index in [0.29, 0.717) is 11.5 Å². The van der Waals surface area contributed by atoms with E-state index >= 15 is 0 Å². The van der Waals surface area contributed by atoms with Gasteiger partial charge in [-0.05, 0) is 80.1 Å². The van der Waals surface area contributed by atoms with Crippen LogP contribution in [0.2, 0.25) is 0 Å². The first-order chi connectivity index (χ1) is 16.2. The summed E-state index contributed by atoms with van der Waals surface area (Å²) in [7, 11) is -2.64. The van der Waals surface area contributed by atoms with Crippen LogP contribution in [0, 0.1) is 5.82 Å². The Morgan fingerprint density at radius 3 is 2.29 bits per heavy atom. The smallest absolute Gasteiger partial charge is 0.264 e. The van der Waals surface area contributed by atoms with Gasteiger partial charge in [-0.1, -0.05) is 12.1 Å². The average molecular weight is 487 g/mol. The molecule has 3 aromatic rings. The summed E-state index contributed by atoms with van der Waals surface area (Å²) in [5, 5.41) is 2.74. The van der Waals surface area contributed by atoms with Gasteiger partial charge in [-0.15, -0.1) is 0 Å². The monoisotopic (exact) mass is 486 g/mol. The summed E-state index contributed by atoms with van der Waals surface area (Å²) >= 11 is 0. The van der Waals surface area contributed by atoms with E-state index in [9.17, 15) is 17.6 Å². The van der Waals surface area contributed by atoms with Crippen molar-refractivity contribution in [2.45, 2.75) is 31.4 Å². The predicted molar refractivity (Wildman–Crippen MR) is 128 cm³/mol. The molecular formula is C25H27FN2O5S. The van der Waals surface area contributed by atoms with Crippen molar-refractivity contribution in [2.75, 3.05) is 18.0 Å². The fraction of sp³-hybridized carbons (Fsp3) is 0.240. The predicted octanol–water partition coefficient (Wildman–Crippen LogP) is 4.13. The van der Waals surface area contributed by atoms with Crippen LogP contribution in [-0.2, 0) is 21.4 Å². The van der Waals surface area contributed by atoms with Gasteiger partial charge in [0.05, 0.1) is 23.8 Å². The van der Waals surface area contributed by atoms with E-state index in [2.05, 4.69) is 5.32 Å². The highest BCUT2D eigenvalue weighted by Gasteiger charge is 2.27. The summed E-state index contributed by atoms with van der Waals surface area (Å²) in [6.45, 7) is 3.54. The van der Waals surface area contributed by atoms with Crippen LogP contribution in [0.1, 0.15) is 19.4 Å². The Kier molecular flexibility index (Phi) is 8.12. The molecule has 9 heteroatoms. The largest absolute Gasteiger partial charge is 0.497 e. The number of halogens is 1. The Labute approximate surface area is 199 Å². The lowest BCUT2D eigenvalue weighted by Gasteiger charge is -2.24. The molecule has 0 unspecified atom stereocenters. The lowest BCUT2D eigenvalue weighted by Crippen LogP contribution is -2.40. The molecule has 7 nitrogen and oxygen atoms in total. The van der Waals surface area contributed by atoms with E-state index in [4.69, 9.17) is 9.47 Å². The average Bonchev–Trinajstić information content (AvgIpc) is 2.81. The number of ether oxygens (including phenoxy) is 2. The number of carbonyl (C=O) groups is 1. The van der Waals surface area contributed by atoms with Crippen molar-refractivity contribution in [1.82, 2.24) is 5.32 Å². The highest BCUT2D eigenvalue weighted by Crippen LogP contribution is 2.25. The molecule has 0 atom stereocenters. The van der Waals surface area contributed by atoms with Gasteiger partial charge in [0.25, 0.3) is 10.0 Å². The molecule has 0 heterocycles. The van der Waals surface area contributed by atoms with Crippen molar-refractivity contribution in [2.24, 2.45) is 0 Å². The summed E-state index contributed by atoms with van der Waals surface area (Å²) < 4.78 is 51.9. The first kappa shape index (κ1) is 25.0. The van der Waals surface area contributed by atoms with Crippen LogP contribution in [0.5, 0.6) is 11.5 Å². The van der Waals surface area contributed by atoms with Crippen LogP contribution in [-0.4, -0.2) is 34.1 Å². The number of sulfonamides is 1. The van der Waals surface area contributed by atoms with Crippen LogP contribution < -0.4 is 19.1 Å². The SMILES string of the molecule is COc1ccc(S(=O)(=O)N(CC(=O)NCc2cccc(OC(C)C)c2)c2ccc(F)cc2)cc1. The zero-order valence-corrected chi connectivity index (χ0v) is 20.0. The van der Waals surface area contributed by atoms with Crippen LogP contribution in [0.25, 0.3) is 0 Å². The molecule has 0 saturated carbocycles. The maximum atomic E-state index is 13.5. The second-order valence-corrected chi connectivity index (χ2v) is 9.62. The Hall–Kier alpha value is -3.59. The summed E-state index contributed by atoms with van der Waals surface area (Å²) in [6.07, 6.45) is 0.0114. The van der Waals surface area contributed by atoms with Gasteiger partial charge in [0.1, 0.15) is 23.9 Å². The molecule has 1 amide bonds. The Bertz CT molecular complexity index is 1210. The van der Waals surface area contributed by atoms with Crippen molar-refractivity contribution in [3.8, 4) is 11.5 Å². The molecule has 0 spiro atoms. The molecule has 0 saturated heterocycles. The van der Waals surface area contributed by atoms with Crippen LogP contribution in [0.4, 0.5) is 10.1 Å². The topological polar surface area (TPSA) is 84.9 Å². The number of carbonyl (C=O) groups excluding carboxylic acids is 1. The molecular weight excluding hydrogens is 459 g/mol. The van der Waals surface area contributed by atoms with E-state index in [1.54, 1.807) is 0 Å². The fourth-order valence-corrected chi connectivity index (χ4v) is 4.61. The van der Waals surface area contributed by atoms with Gasteiger partial charge >= 0.3 is 0 Å². The maximum Gasteiger partial charge on any atom is 0.264 e. The van der Waals surface area contributed by atoms with Gasteiger partial charge in [0.15, 0.2) is 0 Å². The minimum absolute atomic E-state index is 0.0114. The minimum Gasteiger partial charge on any atom is -0.497 e. The van der Waals surface area contributed by atoms with E-state index in [1.807, 2.05) is 38.1 Å². The van der Waals surface area contributed by atoms with Gasteiger partial charge in [-0.2, -0.15) is 0 Å². The summed E-state index contributed by atoms with van der Waals surface area (Å²) in [4.78, 5) is 12.7. The Balaban J connectivity index is 1.80. The van der Waals surface area contributed by atoms with Crippen molar-refractivity contribution in [3.63, 3.8) is 0 Å². The number of hydrogen-bond acceptors (Lipinski definition) is 5. The maximum absolute atomic E-state index is 13.5. The first-order valence-corrected chi connectivity index (χ1v) is 12.1. The number of methoxy groups -OCH3 is 1. The third kappa shape index (κ3) is 6.48. The molecule has 0 aromatic heterocycles. The molecule has 0 fully saturated rings. The summed E-state index contributed by atoms with van der Waals surface area (Å²) in [6, 6.07) is 18.0. The molecule has 3 aromatic carbocycles. The Morgan fingerprint density at radius 1 is 1.00 bits per heavy atom. The normalized spacial score (nSPS) is 11.2. The summed E-state index contributed by atoms with van der Waals surface area (Å²) in [5.74, 6) is 0.139. The number of anilines is 1. The molecule has 180 valence electrons. The van der Waals surface area contributed by atoms with Crippen LogP contribution >= 0.6 is 0 Å². The molecule has 1 N–H and O–H groups in total. The van der Waals surface area contributed by atoms with Gasteiger partial charge < -0.3 is 14.8 Å². The molecule has 34 heavy (non-hydrogen) atoms. The van der Waals surface area contributed by atoms with Crippen LogP contribution in [0.3, 0.4) is 0 Å². The fourth-order valence-electron chi connectivity index (χ4n) is 3.19. The zero-order valence-electron chi connectivity index (χ0n) is 19.2. The van der Waals surface area contributed by atoms with Crippen molar-refractivity contribution in [1.29, 1.82) is 0 Å². The van der Waals surface area contributed by atoms with Gasteiger partial charge in [0.2, 0.25) is 5.91 Å². The molecule has 0 bridgehead atoms. The van der Waals surface area contributed by atoms with E-state index in [1.165, 1.54) is 43.5 Å². The molecule has 3 rings (SSSR count). The zero-order chi connectivity index (χ0) is 24.7. The third-order valence-corrected chi connectivity index (χ3v) is 6.60. The standard InChI is InChI=1S/C25H27FN2O5S/c1-18(2)33-23-6-4-5-19(15-23)16-27-25(29)17-28(21-9-7-20(26)8-10-21)34(30,31)24-13-11-22(32-3)12-14-24/h4-15,18H,16-17H2,1-3H3,(H,27,29). The lowest BCUT2D eigenvalue weighted by molar-refractivity contribution is -0.119.